The maximum Gasteiger partial charge on any atom is 0.269 e. The van der Waals surface area contributed by atoms with E-state index in [-0.39, 0.29) is 5.69 Å². The quantitative estimate of drug-likeness (QED) is 0.523. The Labute approximate surface area is 108 Å². The number of hydrogen-bond donors (Lipinski definition) is 1. The number of non-ortho nitro benzene ring substituents is 1. The van der Waals surface area contributed by atoms with Gasteiger partial charge in [-0.15, -0.1) is 0 Å². The third-order valence-electron chi connectivity index (χ3n) is 3.08. The number of hydrogen-bond acceptors (Lipinski definition) is 3. The first-order valence-electron chi connectivity index (χ1n) is 5.72. The number of nitro groups is 1. The van der Waals surface area contributed by atoms with E-state index in [0.717, 1.165) is 11.4 Å². The molecule has 0 saturated heterocycles. The first-order valence-corrected chi connectivity index (χ1v) is 6.13. The molecular formula is C12H11N3O2S. The number of benzene rings is 1. The summed E-state index contributed by atoms with van der Waals surface area (Å²) >= 11 is 5.28. The monoisotopic (exact) mass is 261 g/mol. The molecule has 0 spiro atoms. The Kier molecular flexibility index (Phi) is 2.52. The Morgan fingerprint density at radius 2 is 2.00 bits per heavy atom. The van der Waals surface area contributed by atoms with Crippen molar-refractivity contribution in [2.24, 2.45) is 0 Å². The molecule has 1 aromatic carbocycles. The molecule has 2 aromatic rings. The number of aromatic amines is 1. The average molecular weight is 261 g/mol. The summed E-state index contributed by atoms with van der Waals surface area (Å²) in [4.78, 5) is 10.2. The van der Waals surface area contributed by atoms with Crippen LogP contribution in [0, 0.1) is 14.8 Å². The number of nitrogens with zero attached hydrogens (tertiary/aromatic N) is 2. The van der Waals surface area contributed by atoms with Gasteiger partial charge in [0.2, 0.25) is 0 Å². The topological polar surface area (TPSA) is 63.9 Å². The summed E-state index contributed by atoms with van der Waals surface area (Å²) in [6.07, 6.45) is 2.41. The molecule has 1 aliphatic carbocycles. The second-order valence-corrected chi connectivity index (χ2v) is 4.85. The van der Waals surface area contributed by atoms with Crippen LogP contribution in [0.25, 0.3) is 5.69 Å². The molecule has 0 amide bonds. The third kappa shape index (κ3) is 1.95. The molecule has 1 fully saturated rings. The first kappa shape index (κ1) is 11.2. The Morgan fingerprint density at radius 3 is 2.56 bits per heavy atom. The Morgan fingerprint density at radius 1 is 1.33 bits per heavy atom. The smallest absolute Gasteiger partial charge is 0.269 e. The highest BCUT2D eigenvalue weighted by Crippen LogP contribution is 2.39. The van der Waals surface area contributed by atoms with Crippen LogP contribution >= 0.6 is 12.2 Å². The van der Waals surface area contributed by atoms with E-state index in [1.165, 1.54) is 25.0 Å². The van der Waals surface area contributed by atoms with E-state index in [1.807, 2.05) is 6.07 Å². The molecule has 3 rings (SSSR count). The molecule has 0 atom stereocenters. The van der Waals surface area contributed by atoms with Crippen LogP contribution in [0.5, 0.6) is 0 Å². The van der Waals surface area contributed by atoms with Crippen molar-refractivity contribution in [1.29, 1.82) is 0 Å². The van der Waals surface area contributed by atoms with Gasteiger partial charge < -0.3 is 0 Å². The maximum atomic E-state index is 10.6. The predicted octanol–water partition coefficient (Wildman–Crippen LogP) is 3.32. The molecule has 18 heavy (non-hydrogen) atoms. The minimum absolute atomic E-state index is 0.0826. The fraction of sp³-hybridized carbons (Fsp3) is 0.250. The predicted molar refractivity (Wildman–Crippen MR) is 69.6 cm³/mol. The first-order chi connectivity index (χ1) is 8.65. The lowest BCUT2D eigenvalue weighted by Crippen LogP contribution is -1.97. The number of rotatable bonds is 3. The molecule has 1 N–H and O–H groups in total. The summed E-state index contributed by atoms with van der Waals surface area (Å²) in [7, 11) is 0. The van der Waals surface area contributed by atoms with Crippen LogP contribution in [0.2, 0.25) is 0 Å². The molecule has 6 heteroatoms. The van der Waals surface area contributed by atoms with Crippen LogP contribution in [0.1, 0.15) is 24.5 Å². The van der Waals surface area contributed by atoms with Crippen molar-refractivity contribution in [3.05, 3.63) is 50.8 Å². The van der Waals surface area contributed by atoms with Gasteiger partial charge in [0.05, 0.1) is 10.6 Å². The minimum atomic E-state index is -0.409. The highest BCUT2D eigenvalue weighted by atomic mass is 32.1. The number of aromatic nitrogens is 2. The van der Waals surface area contributed by atoms with E-state index in [2.05, 4.69) is 5.10 Å². The standard InChI is InChI=1S/C12H11N3O2S/c16-15(17)10-5-3-9(4-6-10)14-12(18)7-11(13-14)8-1-2-8/h3-8,13H,1-2H2. The summed E-state index contributed by atoms with van der Waals surface area (Å²) in [5, 5.41) is 13.8. The van der Waals surface area contributed by atoms with E-state index in [1.54, 1.807) is 16.8 Å². The Bertz CT molecular complexity index is 653. The summed E-state index contributed by atoms with van der Waals surface area (Å²) in [5.74, 6) is 0.603. The van der Waals surface area contributed by atoms with Gasteiger partial charge in [-0.05, 0) is 31.0 Å². The highest BCUT2D eigenvalue weighted by molar-refractivity contribution is 7.71. The van der Waals surface area contributed by atoms with Crippen LogP contribution in [0.4, 0.5) is 5.69 Å². The molecule has 1 aromatic heterocycles. The summed E-state index contributed by atoms with van der Waals surface area (Å²) in [5.41, 5.74) is 2.05. The van der Waals surface area contributed by atoms with Gasteiger partial charge in [-0.25, -0.2) is 4.68 Å². The normalized spacial score (nSPS) is 14.7. The lowest BCUT2D eigenvalue weighted by molar-refractivity contribution is -0.384. The van der Waals surface area contributed by atoms with Crippen molar-refractivity contribution >= 4 is 17.9 Å². The van der Waals surface area contributed by atoms with Gasteiger partial charge in [-0.1, -0.05) is 12.2 Å². The van der Waals surface area contributed by atoms with Crippen molar-refractivity contribution in [2.75, 3.05) is 0 Å². The largest absolute Gasteiger partial charge is 0.297 e. The zero-order valence-corrected chi connectivity index (χ0v) is 10.3. The zero-order chi connectivity index (χ0) is 12.7. The summed E-state index contributed by atoms with van der Waals surface area (Å²) in [6, 6.07) is 8.32. The lowest BCUT2D eigenvalue weighted by atomic mass is 10.3. The van der Waals surface area contributed by atoms with Crippen molar-refractivity contribution < 1.29 is 4.92 Å². The molecule has 1 aliphatic rings. The molecule has 1 saturated carbocycles. The summed E-state index contributed by atoms with van der Waals surface area (Å²) < 4.78 is 2.48. The molecule has 92 valence electrons. The average Bonchev–Trinajstić information content (AvgIpc) is 3.13. The van der Waals surface area contributed by atoms with Crippen LogP contribution in [-0.2, 0) is 0 Å². The SMILES string of the molecule is O=[N+]([O-])c1ccc(-n2[nH]c(C3CC3)cc2=S)cc1. The fourth-order valence-corrected chi connectivity index (χ4v) is 2.21. The third-order valence-corrected chi connectivity index (χ3v) is 3.38. The van der Waals surface area contributed by atoms with Gasteiger partial charge in [-0.2, -0.15) is 0 Å². The van der Waals surface area contributed by atoms with Gasteiger partial charge >= 0.3 is 0 Å². The lowest BCUT2D eigenvalue weighted by Gasteiger charge is -2.02. The van der Waals surface area contributed by atoms with Crippen molar-refractivity contribution in [1.82, 2.24) is 9.78 Å². The summed E-state index contributed by atoms with van der Waals surface area (Å²) in [6.45, 7) is 0. The number of H-pyrrole nitrogens is 1. The minimum Gasteiger partial charge on any atom is -0.297 e. The fourth-order valence-electron chi connectivity index (χ4n) is 1.93. The van der Waals surface area contributed by atoms with E-state index in [9.17, 15) is 10.1 Å². The van der Waals surface area contributed by atoms with Gasteiger partial charge in [-0.3, -0.25) is 15.2 Å². The Balaban J connectivity index is 1.98. The van der Waals surface area contributed by atoms with Crippen LogP contribution < -0.4 is 0 Å². The van der Waals surface area contributed by atoms with Crippen LogP contribution in [0.3, 0.4) is 0 Å². The Hall–Kier alpha value is -1.95. The van der Waals surface area contributed by atoms with E-state index in [0.29, 0.717) is 10.6 Å². The van der Waals surface area contributed by atoms with E-state index < -0.39 is 4.92 Å². The molecule has 1 heterocycles. The second kappa shape index (κ2) is 4.06. The second-order valence-electron chi connectivity index (χ2n) is 4.43. The molecular weight excluding hydrogens is 250 g/mol. The maximum absolute atomic E-state index is 10.6. The molecule has 0 aliphatic heterocycles. The van der Waals surface area contributed by atoms with Crippen LogP contribution in [0.15, 0.2) is 30.3 Å². The molecule has 0 bridgehead atoms. The van der Waals surface area contributed by atoms with Gasteiger partial charge in [0.25, 0.3) is 5.69 Å². The van der Waals surface area contributed by atoms with Gasteiger partial charge in [0.1, 0.15) is 4.64 Å². The van der Waals surface area contributed by atoms with E-state index in [4.69, 9.17) is 12.2 Å². The van der Waals surface area contributed by atoms with E-state index >= 15 is 0 Å². The molecule has 0 radical (unpaired) electrons. The van der Waals surface area contributed by atoms with Crippen molar-refractivity contribution in [2.45, 2.75) is 18.8 Å². The van der Waals surface area contributed by atoms with Crippen molar-refractivity contribution in [3.8, 4) is 5.69 Å². The van der Waals surface area contributed by atoms with Crippen molar-refractivity contribution in [3.63, 3.8) is 0 Å². The van der Waals surface area contributed by atoms with Gasteiger partial charge in [0.15, 0.2) is 0 Å². The van der Waals surface area contributed by atoms with Gasteiger partial charge in [0, 0.05) is 23.7 Å². The number of nitrogens with one attached hydrogen (secondary N) is 1. The molecule has 5 nitrogen and oxygen atoms in total. The number of nitro benzene ring substituents is 1. The van der Waals surface area contributed by atoms with Crippen LogP contribution in [-0.4, -0.2) is 14.7 Å². The highest BCUT2D eigenvalue weighted by Gasteiger charge is 2.25. The zero-order valence-electron chi connectivity index (χ0n) is 9.50. The molecule has 0 unspecified atom stereocenters.